The maximum atomic E-state index is 10.6. The molecule has 1 N–H and O–H groups in total. The van der Waals surface area contributed by atoms with E-state index in [0.717, 1.165) is 5.04 Å². The lowest BCUT2D eigenvalue weighted by Crippen LogP contribution is -2.17. The normalized spacial score (nSPS) is 20.9. The van der Waals surface area contributed by atoms with E-state index in [-0.39, 0.29) is 0 Å². The fraction of sp³-hybridized carbons (Fsp3) is 0.375. The summed E-state index contributed by atoms with van der Waals surface area (Å²) in [5.41, 5.74) is 0. The minimum Gasteiger partial charge on any atom is -0.480 e. The van der Waals surface area contributed by atoms with Crippen molar-refractivity contribution in [3.05, 3.63) is 18.5 Å². The smallest absolute Gasteiger partial charge is 0.329 e. The fourth-order valence-corrected chi connectivity index (χ4v) is 2.16. The zero-order chi connectivity index (χ0) is 9.97. The summed E-state index contributed by atoms with van der Waals surface area (Å²) in [5.74, 6) is -0.320. The Bertz CT molecular complexity index is 361. The number of hydrogen-bond acceptors (Lipinski definition) is 4. The van der Waals surface area contributed by atoms with Crippen molar-refractivity contribution in [1.29, 1.82) is 0 Å². The van der Waals surface area contributed by atoms with E-state index in [2.05, 4.69) is 10.1 Å². The average molecular weight is 211 g/mol. The van der Waals surface area contributed by atoms with Crippen LogP contribution < -0.4 is 0 Å². The van der Waals surface area contributed by atoms with Crippen molar-refractivity contribution in [2.45, 2.75) is 12.6 Å². The molecule has 1 atom stereocenters. The molecule has 0 saturated carbocycles. The van der Waals surface area contributed by atoms with Gasteiger partial charge in [0.2, 0.25) is 0 Å². The molecule has 0 aromatic carbocycles. The van der Waals surface area contributed by atoms with Crippen molar-refractivity contribution in [3.8, 4) is 0 Å². The minimum absolute atomic E-state index is 0.534. The third-order valence-electron chi connectivity index (χ3n) is 1.85. The van der Waals surface area contributed by atoms with Gasteiger partial charge in [-0.25, -0.2) is 4.79 Å². The summed E-state index contributed by atoms with van der Waals surface area (Å²) < 4.78 is 1.73. The lowest BCUT2D eigenvalue weighted by Gasteiger charge is -1.98. The Kier molecular flexibility index (Phi) is 2.53. The van der Waals surface area contributed by atoms with Gasteiger partial charge < -0.3 is 5.11 Å². The number of aromatic nitrogens is 2. The van der Waals surface area contributed by atoms with Crippen LogP contribution in [0.3, 0.4) is 0 Å². The second kappa shape index (κ2) is 3.83. The predicted octanol–water partition coefficient (Wildman–Crippen LogP) is 0.482. The molecule has 2 rings (SSSR count). The van der Waals surface area contributed by atoms with Crippen LogP contribution in [0.15, 0.2) is 23.5 Å². The van der Waals surface area contributed by atoms with Gasteiger partial charge in [-0.05, 0) is 6.07 Å². The van der Waals surface area contributed by atoms with Crippen LogP contribution in [0.1, 0.15) is 0 Å². The van der Waals surface area contributed by atoms with Crippen LogP contribution in [0.4, 0.5) is 0 Å². The van der Waals surface area contributed by atoms with Gasteiger partial charge >= 0.3 is 5.97 Å². The van der Waals surface area contributed by atoms with E-state index >= 15 is 0 Å². The minimum atomic E-state index is -0.854. The zero-order valence-corrected chi connectivity index (χ0v) is 8.15. The molecule has 0 bridgehead atoms. The third kappa shape index (κ3) is 1.95. The second-order valence-corrected chi connectivity index (χ2v) is 3.98. The highest BCUT2D eigenvalue weighted by Gasteiger charge is 2.24. The summed E-state index contributed by atoms with van der Waals surface area (Å²) in [6.45, 7) is 0.571. The number of carbonyl (C=O) groups is 1. The lowest BCUT2D eigenvalue weighted by atomic mass is 10.4. The van der Waals surface area contributed by atoms with E-state index in [1.54, 1.807) is 10.9 Å². The Morgan fingerprint density at radius 2 is 2.64 bits per heavy atom. The van der Waals surface area contributed by atoms with Crippen molar-refractivity contribution in [2.24, 2.45) is 4.99 Å². The van der Waals surface area contributed by atoms with Crippen LogP contribution in [0, 0.1) is 0 Å². The molecule has 1 aliphatic rings. The fourth-order valence-electron chi connectivity index (χ4n) is 1.17. The van der Waals surface area contributed by atoms with E-state index in [4.69, 9.17) is 5.11 Å². The van der Waals surface area contributed by atoms with Crippen molar-refractivity contribution in [1.82, 2.24) is 9.78 Å². The van der Waals surface area contributed by atoms with Gasteiger partial charge in [-0.2, -0.15) is 5.10 Å². The van der Waals surface area contributed by atoms with Gasteiger partial charge in [0.05, 0.1) is 11.6 Å². The van der Waals surface area contributed by atoms with Crippen LogP contribution >= 0.6 is 11.8 Å². The first kappa shape index (κ1) is 9.26. The molecule has 1 aliphatic heterocycles. The largest absolute Gasteiger partial charge is 0.480 e. The van der Waals surface area contributed by atoms with Crippen LogP contribution in [0.2, 0.25) is 0 Å². The second-order valence-electron chi connectivity index (χ2n) is 2.89. The maximum absolute atomic E-state index is 10.6. The van der Waals surface area contributed by atoms with Gasteiger partial charge in [0, 0.05) is 18.1 Å². The molecule has 2 heterocycles. The number of nitrogens with zero attached hydrogens (tertiary/aromatic N) is 3. The number of hydrogen-bond donors (Lipinski definition) is 1. The first-order chi connectivity index (χ1) is 6.75. The molecule has 0 saturated heterocycles. The molecule has 1 aromatic heterocycles. The predicted molar refractivity (Wildman–Crippen MR) is 53.5 cm³/mol. The van der Waals surface area contributed by atoms with E-state index in [9.17, 15) is 4.79 Å². The van der Waals surface area contributed by atoms with Crippen LogP contribution in [-0.2, 0) is 11.3 Å². The van der Waals surface area contributed by atoms with Crippen LogP contribution in [0.5, 0.6) is 0 Å². The third-order valence-corrected chi connectivity index (χ3v) is 2.90. The summed E-state index contributed by atoms with van der Waals surface area (Å²) in [4.78, 5) is 14.7. The monoisotopic (exact) mass is 211 g/mol. The molecule has 6 heteroatoms. The van der Waals surface area contributed by atoms with Crippen molar-refractivity contribution >= 4 is 22.8 Å². The van der Waals surface area contributed by atoms with Crippen LogP contribution in [0.25, 0.3) is 0 Å². The number of aliphatic carboxylic acids is 1. The van der Waals surface area contributed by atoms with Gasteiger partial charge in [-0.3, -0.25) is 9.67 Å². The van der Waals surface area contributed by atoms with Crippen molar-refractivity contribution < 1.29 is 9.90 Å². The highest BCUT2D eigenvalue weighted by molar-refractivity contribution is 8.14. The van der Waals surface area contributed by atoms with E-state index in [0.29, 0.717) is 12.3 Å². The lowest BCUT2D eigenvalue weighted by molar-refractivity contribution is -0.137. The first-order valence-electron chi connectivity index (χ1n) is 4.15. The van der Waals surface area contributed by atoms with Gasteiger partial charge in [0.1, 0.15) is 0 Å². The summed E-state index contributed by atoms with van der Waals surface area (Å²) in [6.07, 6.45) is 3.52. The molecule has 74 valence electrons. The molecular weight excluding hydrogens is 202 g/mol. The van der Waals surface area contributed by atoms with Crippen LogP contribution in [-0.4, -0.2) is 37.7 Å². The van der Waals surface area contributed by atoms with E-state index in [1.165, 1.54) is 11.8 Å². The SMILES string of the molecule is O=C(O)C1CSC(Cn2cccn2)=N1. The Balaban J connectivity index is 2.01. The van der Waals surface area contributed by atoms with Gasteiger partial charge in [0.25, 0.3) is 0 Å². The highest BCUT2D eigenvalue weighted by Crippen LogP contribution is 2.19. The Hall–Kier alpha value is -1.30. The van der Waals surface area contributed by atoms with Gasteiger partial charge in [-0.15, -0.1) is 11.8 Å². The number of carboxylic acids is 1. The number of rotatable bonds is 3. The number of thioether (sulfide) groups is 1. The molecule has 1 aromatic rings. The van der Waals surface area contributed by atoms with E-state index in [1.807, 2.05) is 12.3 Å². The molecule has 0 spiro atoms. The first-order valence-corrected chi connectivity index (χ1v) is 5.14. The highest BCUT2D eigenvalue weighted by atomic mass is 32.2. The Labute approximate surface area is 84.8 Å². The number of aliphatic imine (C=N–C) groups is 1. The van der Waals surface area contributed by atoms with Crippen molar-refractivity contribution in [3.63, 3.8) is 0 Å². The Morgan fingerprint density at radius 1 is 1.79 bits per heavy atom. The molecule has 0 aliphatic carbocycles. The average Bonchev–Trinajstić information content (AvgIpc) is 2.75. The standard InChI is InChI=1S/C8H9N3O2S/c12-8(13)6-5-14-7(10-6)4-11-3-1-2-9-11/h1-3,6H,4-5H2,(H,12,13). The van der Waals surface area contributed by atoms with E-state index < -0.39 is 12.0 Å². The summed E-state index contributed by atoms with van der Waals surface area (Å²) >= 11 is 1.49. The number of carboxylic acid groups (broad SMARTS) is 1. The summed E-state index contributed by atoms with van der Waals surface area (Å²) in [5, 5.41) is 13.6. The molecular formula is C8H9N3O2S. The molecule has 1 unspecified atom stereocenters. The molecule has 0 fully saturated rings. The molecule has 0 amide bonds. The molecule has 14 heavy (non-hydrogen) atoms. The molecule has 5 nitrogen and oxygen atoms in total. The maximum Gasteiger partial charge on any atom is 0.329 e. The Morgan fingerprint density at radius 3 is 3.21 bits per heavy atom. The van der Waals surface area contributed by atoms with Crippen molar-refractivity contribution in [2.75, 3.05) is 5.75 Å². The van der Waals surface area contributed by atoms with Gasteiger partial charge in [-0.1, -0.05) is 0 Å². The zero-order valence-electron chi connectivity index (χ0n) is 7.33. The summed E-state index contributed by atoms with van der Waals surface area (Å²) in [6, 6.07) is 1.25. The topological polar surface area (TPSA) is 67.5 Å². The van der Waals surface area contributed by atoms with Gasteiger partial charge in [0.15, 0.2) is 6.04 Å². The summed E-state index contributed by atoms with van der Waals surface area (Å²) in [7, 11) is 0. The quantitative estimate of drug-likeness (QED) is 0.789. The molecule has 0 radical (unpaired) electrons.